The van der Waals surface area contributed by atoms with Crippen molar-refractivity contribution in [1.82, 2.24) is 5.32 Å². The standard InChI is InChI=1S/C11H15N3O4/c1-17-8-2-3-9(7(4-8)5-12)18-6-10(15)14-11(13)16/h2-4H,5-6,12H2,1H3,(H3,13,14,15,16). The van der Waals surface area contributed by atoms with Crippen LogP contribution >= 0.6 is 0 Å². The van der Waals surface area contributed by atoms with Crippen LogP contribution in [-0.2, 0) is 11.3 Å². The smallest absolute Gasteiger partial charge is 0.318 e. The minimum atomic E-state index is -0.919. The van der Waals surface area contributed by atoms with Crippen molar-refractivity contribution in [2.45, 2.75) is 6.54 Å². The topological polar surface area (TPSA) is 117 Å². The average molecular weight is 253 g/mol. The Hall–Kier alpha value is -2.28. The molecule has 1 rings (SSSR count). The third kappa shape index (κ3) is 3.95. The lowest BCUT2D eigenvalue weighted by Crippen LogP contribution is -2.38. The van der Waals surface area contributed by atoms with Crippen LogP contribution < -0.4 is 26.3 Å². The first-order valence-corrected chi connectivity index (χ1v) is 5.16. The van der Waals surface area contributed by atoms with Gasteiger partial charge in [-0.05, 0) is 18.2 Å². The maximum Gasteiger partial charge on any atom is 0.318 e. The van der Waals surface area contributed by atoms with Crippen molar-refractivity contribution < 1.29 is 19.1 Å². The van der Waals surface area contributed by atoms with E-state index in [-0.39, 0.29) is 13.2 Å². The van der Waals surface area contributed by atoms with Crippen LogP contribution in [-0.4, -0.2) is 25.7 Å². The highest BCUT2D eigenvalue weighted by Crippen LogP contribution is 2.23. The predicted molar refractivity (Wildman–Crippen MR) is 64.1 cm³/mol. The van der Waals surface area contributed by atoms with Crippen molar-refractivity contribution in [1.29, 1.82) is 0 Å². The summed E-state index contributed by atoms with van der Waals surface area (Å²) in [6, 6.07) is 4.11. The Kier molecular flexibility index (Phi) is 4.94. The van der Waals surface area contributed by atoms with Crippen molar-refractivity contribution in [2.75, 3.05) is 13.7 Å². The molecular weight excluding hydrogens is 238 g/mol. The second-order valence-corrected chi connectivity index (χ2v) is 3.38. The molecule has 0 atom stereocenters. The summed E-state index contributed by atoms with van der Waals surface area (Å²) in [6.07, 6.45) is 0. The first-order chi connectivity index (χ1) is 8.56. The SMILES string of the molecule is COc1ccc(OCC(=O)NC(N)=O)c(CN)c1. The lowest BCUT2D eigenvalue weighted by atomic mass is 10.2. The Morgan fingerprint density at radius 3 is 2.67 bits per heavy atom. The number of amides is 3. The number of rotatable bonds is 5. The van der Waals surface area contributed by atoms with Gasteiger partial charge in [-0.1, -0.05) is 0 Å². The van der Waals surface area contributed by atoms with E-state index in [9.17, 15) is 9.59 Å². The number of benzene rings is 1. The van der Waals surface area contributed by atoms with E-state index in [1.54, 1.807) is 18.2 Å². The van der Waals surface area contributed by atoms with Crippen LogP contribution in [0.1, 0.15) is 5.56 Å². The zero-order chi connectivity index (χ0) is 13.5. The third-order valence-corrected chi connectivity index (χ3v) is 2.11. The molecule has 1 aromatic carbocycles. The van der Waals surface area contributed by atoms with Crippen molar-refractivity contribution >= 4 is 11.9 Å². The summed E-state index contributed by atoms with van der Waals surface area (Å²) in [5.41, 5.74) is 11.0. The molecule has 1 aromatic rings. The van der Waals surface area contributed by atoms with Crippen molar-refractivity contribution in [3.63, 3.8) is 0 Å². The van der Waals surface area contributed by atoms with E-state index in [1.807, 2.05) is 5.32 Å². The summed E-state index contributed by atoms with van der Waals surface area (Å²) in [7, 11) is 1.54. The van der Waals surface area contributed by atoms with Crippen LogP contribution in [0.4, 0.5) is 4.79 Å². The summed E-state index contributed by atoms with van der Waals surface area (Å²) in [4.78, 5) is 21.6. The van der Waals surface area contributed by atoms with Crippen molar-refractivity contribution in [3.8, 4) is 11.5 Å². The molecule has 98 valence electrons. The lowest BCUT2D eigenvalue weighted by molar-refractivity contribution is -0.121. The number of primary amides is 1. The monoisotopic (exact) mass is 253 g/mol. The second kappa shape index (κ2) is 6.45. The van der Waals surface area contributed by atoms with E-state index in [4.69, 9.17) is 20.9 Å². The first kappa shape index (κ1) is 13.8. The average Bonchev–Trinajstić information content (AvgIpc) is 2.35. The van der Waals surface area contributed by atoms with E-state index in [2.05, 4.69) is 0 Å². The molecule has 7 heteroatoms. The molecule has 0 heterocycles. The molecule has 3 amide bonds. The van der Waals surface area contributed by atoms with Gasteiger partial charge < -0.3 is 20.9 Å². The van der Waals surface area contributed by atoms with E-state index < -0.39 is 11.9 Å². The fourth-order valence-electron chi connectivity index (χ4n) is 1.30. The number of nitrogens with one attached hydrogen (secondary N) is 1. The number of hydrogen-bond donors (Lipinski definition) is 3. The molecule has 7 nitrogen and oxygen atoms in total. The second-order valence-electron chi connectivity index (χ2n) is 3.38. The Morgan fingerprint density at radius 2 is 2.11 bits per heavy atom. The summed E-state index contributed by atoms with van der Waals surface area (Å²) in [5, 5.41) is 1.89. The summed E-state index contributed by atoms with van der Waals surface area (Å²) in [5.74, 6) is 0.476. The Balaban J connectivity index is 2.67. The molecule has 0 saturated heterocycles. The quantitative estimate of drug-likeness (QED) is 0.667. The lowest BCUT2D eigenvalue weighted by Gasteiger charge is -2.11. The van der Waals surface area contributed by atoms with E-state index >= 15 is 0 Å². The number of nitrogens with two attached hydrogens (primary N) is 2. The molecule has 0 unspecified atom stereocenters. The number of hydrogen-bond acceptors (Lipinski definition) is 5. The molecule has 0 aliphatic heterocycles. The largest absolute Gasteiger partial charge is 0.497 e. The molecular formula is C11H15N3O4. The van der Waals surface area contributed by atoms with Gasteiger partial charge in [-0.25, -0.2) is 4.79 Å². The van der Waals surface area contributed by atoms with Crippen LogP contribution in [0.2, 0.25) is 0 Å². The maximum atomic E-state index is 11.2. The fourth-order valence-corrected chi connectivity index (χ4v) is 1.30. The highest BCUT2D eigenvalue weighted by atomic mass is 16.5. The molecule has 0 aliphatic rings. The number of carbonyl (C=O) groups excluding carboxylic acids is 2. The third-order valence-electron chi connectivity index (χ3n) is 2.11. The molecule has 0 spiro atoms. The van der Waals surface area contributed by atoms with Crippen molar-refractivity contribution in [3.05, 3.63) is 23.8 Å². The van der Waals surface area contributed by atoms with Gasteiger partial charge in [-0.2, -0.15) is 0 Å². The molecule has 0 saturated carbocycles. The maximum absolute atomic E-state index is 11.2. The minimum Gasteiger partial charge on any atom is -0.497 e. The van der Waals surface area contributed by atoms with Gasteiger partial charge in [-0.3, -0.25) is 10.1 Å². The zero-order valence-electron chi connectivity index (χ0n) is 9.93. The van der Waals surface area contributed by atoms with Crippen LogP contribution in [0.15, 0.2) is 18.2 Å². The van der Waals surface area contributed by atoms with E-state index in [0.29, 0.717) is 17.1 Å². The first-order valence-electron chi connectivity index (χ1n) is 5.16. The van der Waals surface area contributed by atoms with Gasteiger partial charge in [0, 0.05) is 12.1 Å². The van der Waals surface area contributed by atoms with Gasteiger partial charge in [0.15, 0.2) is 6.61 Å². The van der Waals surface area contributed by atoms with Crippen LogP contribution in [0.5, 0.6) is 11.5 Å². The van der Waals surface area contributed by atoms with Crippen LogP contribution in [0, 0.1) is 0 Å². The highest BCUT2D eigenvalue weighted by molar-refractivity contribution is 5.94. The zero-order valence-corrected chi connectivity index (χ0v) is 9.93. The summed E-state index contributed by atoms with van der Waals surface area (Å²) >= 11 is 0. The number of ether oxygens (including phenoxy) is 2. The molecule has 18 heavy (non-hydrogen) atoms. The molecule has 0 fully saturated rings. The number of imide groups is 1. The van der Waals surface area contributed by atoms with Gasteiger partial charge in [0.25, 0.3) is 5.91 Å². The van der Waals surface area contributed by atoms with E-state index in [1.165, 1.54) is 7.11 Å². The van der Waals surface area contributed by atoms with Gasteiger partial charge in [-0.15, -0.1) is 0 Å². The Labute approximate surface area is 104 Å². The predicted octanol–water partition coefficient (Wildman–Crippen LogP) is -0.272. The Bertz CT molecular complexity index is 448. The van der Waals surface area contributed by atoms with Gasteiger partial charge >= 0.3 is 6.03 Å². The minimum absolute atomic E-state index is 0.240. The Morgan fingerprint density at radius 1 is 1.39 bits per heavy atom. The fraction of sp³-hybridized carbons (Fsp3) is 0.273. The summed E-state index contributed by atoms with van der Waals surface area (Å²) < 4.78 is 10.3. The number of methoxy groups -OCH3 is 1. The molecule has 0 aromatic heterocycles. The summed E-state index contributed by atoms with van der Waals surface area (Å²) in [6.45, 7) is -0.0771. The van der Waals surface area contributed by atoms with E-state index in [0.717, 1.165) is 0 Å². The molecule has 5 N–H and O–H groups in total. The normalized spacial score (nSPS) is 9.67. The number of urea groups is 1. The van der Waals surface area contributed by atoms with Gasteiger partial charge in [0.05, 0.1) is 7.11 Å². The van der Waals surface area contributed by atoms with Gasteiger partial charge in [0.2, 0.25) is 0 Å². The molecule has 0 radical (unpaired) electrons. The molecule has 0 bridgehead atoms. The van der Waals surface area contributed by atoms with Gasteiger partial charge in [0.1, 0.15) is 11.5 Å². The number of carbonyl (C=O) groups is 2. The van der Waals surface area contributed by atoms with Crippen LogP contribution in [0.3, 0.4) is 0 Å². The van der Waals surface area contributed by atoms with Crippen LogP contribution in [0.25, 0.3) is 0 Å². The van der Waals surface area contributed by atoms with Crippen molar-refractivity contribution in [2.24, 2.45) is 11.5 Å². The highest BCUT2D eigenvalue weighted by Gasteiger charge is 2.08. The molecule has 0 aliphatic carbocycles.